The van der Waals surface area contributed by atoms with Gasteiger partial charge in [0.1, 0.15) is 6.54 Å². The van der Waals surface area contributed by atoms with Gasteiger partial charge in [-0.1, -0.05) is 0 Å². The molecule has 56 valence electrons. The number of quaternary nitrogens is 1. The summed E-state index contributed by atoms with van der Waals surface area (Å²) in [5, 5.41) is 8.30. The monoisotopic (exact) mass is 134 g/mol. The average molecular weight is 134 g/mol. The summed E-state index contributed by atoms with van der Waals surface area (Å²) in [6.07, 6.45) is 0. The van der Waals surface area contributed by atoms with E-state index in [2.05, 4.69) is 14.1 Å². The van der Waals surface area contributed by atoms with Crippen molar-refractivity contribution in [3.05, 3.63) is 0 Å². The Labute approximate surface area is 56.2 Å². The molecule has 0 spiro atoms. The first-order valence-corrected chi connectivity index (χ1v) is 3.25. The molecular weight excluding hydrogens is 118 g/mol. The van der Waals surface area contributed by atoms with Crippen LogP contribution in [0.25, 0.3) is 0 Å². The molecule has 3 heteroatoms. The summed E-state index contributed by atoms with van der Waals surface area (Å²) in [5.41, 5.74) is 0. The van der Waals surface area contributed by atoms with Crippen LogP contribution in [-0.2, 0) is 4.74 Å². The number of aliphatic hydroxyl groups excluding tert-OH is 1. The minimum Gasteiger partial charge on any atom is -0.394 e. The molecule has 0 saturated heterocycles. The summed E-state index contributed by atoms with van der Waals surface area (Å²) >= 11 is 0. The maximum absolute atomic E-state index is 8.30. The topological polar surface area (TPSA) is 33.9 Å². The number of nitrogens with one attached hydrogen (secondary N) is 1. The third kappa shape index (κ3) is 7.88. The van der Waals surface area contributed by atoms with E-state index < -0.39 is 0 Å². The molecule has 0 aromatic rings. The fourth-order valence-electron chi connectivity index (χ4n) is 0.443. The number of likely N-dealkylation sites (N-methyl/N-ethyl adjacent to an activating group) is 1. The van der Waals surface area contributed by atoms with Gasteiger partial charge in [-0.15, -0.1) is 0 Å². The van der Waals surface area contributed by atoms with Crippen LogP contribution in [0.3, 0.4) is 0 Å². The van der Waals surface area contributed by atoms with Gasteiger partial charge < -0.3 is 14.7 Å². The fraction of sp³-hybridized carbons (Fsp3) is 1.00. The maximum atomic E-state index is 8.30. The van der Waals surface area contributed by atoms with Gasteiger partial charge in [-0.3, -0.25) is 0 Å². The van der Waals surface area contributed by atoms with Crippen LogP contribution in [0.1, 0.15) is 0 Å². The highest BCUT2D eigenvalue weighted by Crippen LogP contribution is 1.67. The second kappa shape index (κ2) is 6.01. The van der Waals surface area contributed by atoms with Gasteiger partial charge in [0.15, 0.2) is 0 Å². The Hall–Kier alpha value is -0.120. The molecule has 0 aliphatic rings. The first kappa shape index (κ1) is 8.88. The Morgan fingerprint density at radius 3 is 2.44 bits per heavy atom. The van der Waals surface area contributed by atoms with E-state index in [4.69, 9.17) is 9.84 Å². The van der Waals surface area contributed by atoms with Crippen molar-refractivity contribution in [2.45, 2.75) is 0 Å². The van der Waals surface area contributed by atoms with Crippen LogP contribution in [0.2, 0.25) is 0 Å². The van der Waals surface area contributed by atoms with Crippen molar-refractivity contribution in [2.24, 2.45) is 0 Å². The number of rotatable bonds is 5. The summed E-state index contributed by atoms with van der Waals surface area (Å²) in [4.78, 5) is 1.37. The van der Waals surface area contributed by atoms with Crippen molar-refractivity contribution in [3.8, 4) is 0 Å². The first-order valence-electron chi connectivity index (χ1n) is 3.25. The van der Waals surface area contributed by atoms with Crippen LogP contribution in [0.5, 0.6) is 0 Å². The highest BCUT2D eigenvalue weighted by atomic mass is 16.5. The van der Waals surface area contributed by atoms with E-state index >= 15 is 0 Å². The van der Waals surface area contributed by atoms with Gasteiger partial charge in [0.05, 0.1) is 33.9 Å². The van der Waals surface area contributed by atoms with E-state index in [1.165, 1.54) is 4.90 Å². The van der Waals surface area contributed by atoms with Gasteiger partial charge in [-0.25, -0.2) is 0 Å². The lowest BCUT2D eigenvalue weighted by molar-refractivity contribution is -0.858. The quantitative estimate of drug-likeness (QED) is 0.432. The first-order chi connectivity index (χ1) is 4.27. The van der Waals surface area contributed by atoms with E-state index in [-0.39, 0.29) is 6.61 Å². The Morgan fingerprint density at radius 1 is 1.33 bits per heavy atom. The molecule has 0 unspecified atom stereocenters. The summed E-state index contributed by atoms with van der Waals surface area (Å²) in [6, 6.07) is 0. The third-order valence-electron chi connectivity index (χ3n) is 0.982. The predicted octanol–water partition coefficient (Wildman–Crippen LogP) is -1.86. The van der Waals surface area contributed by atoms with E-state index in [1.807, 2.05) is 0 Å². The lowest BCUT2D eigenvalue weighted by Gasteiger charge is -2.05. The Morgan fingerprint density at radius 2 is 2.00 bits per heavy atom. The number of hydrogen-bond acceptors (Lipinski definition) is 2. The second-order valence-corrected chi connectivity index (χ2v) is 2.29. The molecule has 0 aliphatic heterocycles. The number of hydrogen-bond donors (Lipinski definition) is 2. The lowest BCUT2D eigenvalue weighted by Crippen LogP contribution is -3.06. The standard InChI is InChI=1S/C6H15NO2/c1-7(2)3-5-9-6-4-8/h8H,3-6H2,1-2H3/p+1. The van der Waals surface area contributed by atoms with Crippen LogP contribution >= 0.6 is 0 Å². The van der Waals surface area contributed by atoms with Crippen molar-refractivity contribution in [1.82, 2.24) is 0 Å². The molecule has 0 atom stereocenters. The molecule has 0 amide bonds. The SMILES string of the molecule is C[NH+](C)CCOCCO. The zero-order chi connectivity index (χ0) is 7.11. The van der Waals surface area contributed by atoms with Crippen molar-refractivity contribution in [2.75, 3.05) is 40.5 Å². The molecule has 0 rings (SSSR count). The summed E-state index contributed by atoms with van der Waals surface area (Å²) in [6.45, 7) is 2.33. The third-order valence-corrected chi connectivity index (χ3v) is 0.982. The predicted molar refractivity (Wildman–Crippen MR) is 35.6 cm³/mol. The molecule has 0 saturated carbocycles. The zero-order valence-electron chi connectivity index (χ0n) is 6.18. The summed E-state index contributed by atoms with van der Waals surface area (Å²) < 4.78 is 5.02. The minimum atomic E-state index is 0.128. The highest BCUT2D eigenvalue weighted by Gasteiger charge is 1.90. The summed E-state index contributed by atoms with van der Waals surface area (Å²) in [5.74, 6) is 0. The Balaban J connectivity index is 2.75. The maximum Gasteiger partial charge on any atom is 0.100 e. The fourth-order valence-corrected chi connectivity index (χ4v) is 0.443. The van der Waals surface area contributed by atoms with Crippen LogP contribution in [0.15, 0.2) is 0 Å². The van der Waals surface area contributed by atoms with Crippen LogP contribution in [0, 0.1) is 0 Å². The van der Waals surface area contributed by atoms with E-state index in [0.29, 0.717) is 6.61 Å². The van der Waals surface area contributed by atoms with E-state index in [1.54, 1.807) is 0 Å². The molecule has 0 aromatic heterocycles. The Bertz CT molecular complexity index is 57.0. The van der Waals surface area contributed by atoms with E-state index in [0.717, 1.165) is 13.2 Å². The van der Waals surface area contributed by atoms with Crippen molar-refractivity contribution < 1.29 is 14.7 Å². The number of ether oxygens (including phenoxy) is 1. The second-order valence-electron chi connectivity index (χ2n) is 2.29. The van der Waals surface area contributed by atoms with Gasteiger partial charge in [-0.2, -0.15) is 0 Å². The van der Waals surface area contributed by atoms with Gasteiger partial charge in [0.2, 0.25) is 0 Å². The Kier molecular flexibility index (Phi) is 5.93. The zero-order valence-corrected chi connectivity index (χ0v) is 6.18. The molecule has 3 nitrogen and oxygen atoms in total. The van der Waals surface area contributed by atoms with Crippen LogP contribution < -0.4 is 4.90 Å². The van der Waals surface area contributed by atoms with Gasteiger partial charge in [-0.05, 0) is 0 Å². The largest absolute Gasteiger partial charge is 0.394 e. The molecule has 0 aromatic carbocycles. The van der Waals surface area contributed by atoms with Gasteiger partial charge in [0, 0.05) is 0 Å². The van der Waals surface area contributed by atoms with E-state index in [9.17, 15) is 0 Å². The molecule has 2 N–H and O–H groups in total. The lowest BCUT2D eigenvalue weighted by atomic mass is 10.6. The van der Waals surface area contributed by atoms with Gasteiger partial charge >= 0.3 is 0 Å². The highest BCUT2D eigenvalue weighted by molar-refractivity contribution is 4.25. The normalized spacial score (nSPS) is 10.7. The van der Waals surface area contributed by atoms with Crippen LogP contribution in [0.4, 0.5) is 0 Å². The molecule has 0 bridgehead atoms. The molecule has 9 heavy (non-hydrogen) atoms. The molecule has 0 heterocycles. The number of aliphatic hydroxyl groups is 1. The van der Waals surface area contributed by atoms with Crippen molar-refractivity contribution in [3.63, 3.8) is 0 Å². The van der Waals surface area contributed by atoms with Crippen LogP contribution in [-0.4, -0.2) is 45.6 Å². The minimum absolute atomic E-state index is 0.128. The van der Waals surface area contributed by atoms with Crippen molar-refractivity contribution >= 4 is 0 Å². The molecule has 0 radical (unpaired) electrons. The molecular formula is C6H16NO2+. The summed E-state index contributed by atoms with van der Waals surface area (Å²) in [7, 11) is 4.14. The average Bonchev–Trinajstić information content (AvgIpc) is 1.80. The molecule has 0 aliphatic carbocycles. The van der Waals surface area contributed by atoms with Gasteiger partial charge in [0.25, 0.3) is 0 Å². The smallest absolute Gasteiger partial charge is 0.100 e. The van der Waals surface area contributed by atoms with Crippen molar-refractivity contribution in [1.29, 1.82) is 0 Å². The molecule has 0 fully saturated rings.